The first-order valence-electron chi connectivity index (χ1n) is 16.7. The first-order valence-corrected chi connectivity index (χ1v) is 16.7. The van der Waals surface area contributed by atoms with Gasteiger partial charge in [0, 0.05) is 11.1 Å². The lowest BCUT2D eigenvalue weighted by molar-refractivity contribution is -0.144. The zero-order valence-electron chi connectivity index (χ0n) is 28.9. The highest BCUT2D eigenvalue weighted by Gasteiger charge is 2.54. The lowest BCUT2D eigenvalue weighted by Gasteiger charge is -2.51. The SMILES string of the molecule is CN1CCC(C(=O)NC(C)(C)C)(C2(C)C=CCCC2)CC1.CN1CCC(C(=O)NC(C)(C)C)(C2(C)C=CCCC2)CC1. The minimum absolute atomic E-state index is 0.00183. The van der Waals surface area contributed by atoms with Crippen molar-refractivity contribution in [2.75, 3.05) is 40.3 Å². The van der Waals surface area contributed by atoms with E-state index in [1.54, 1.807) is 0 Å². The highest BCUT2D eigenvalue weighted by Crippen LogP contribution is 2.54. The number of nitrogens with one attached hydrogen (secondary N) is 2. The topological polar surface area (TPSA) is 64.7 Å². The highest BCUT2D eigenvalue weighted by atomic mass is 16.2. The number of hydrogen-bond acceptors (Lipinski definition) is 4. The molecule has 240 valence electrons. The lowest BCUT2D eigenvalue weighted by atomic mass is 9.56. The fraction of sp³-hybridized carbons (Fsp3) is 0.833. The molecule has 2 N–H and O–H groups in total. The predicted octanol–water partition coefficient (Wildman–Crippen LogP) is 6.72. The molecular formula is C36H64N4O2. The molecule has 4 aliphatic rings. The summed E-state index contributed by atoms with van der Waals surface area (Å²) in [5.41, 5.74) is -0.818. The Kier molecular flexibility index (Phi) is 10.9. The van der Waals surface area contributed by atoms with Gasteiger partial charge in [0.1, 0.15) is 0 Å². The Morgan fingerprint density at radius 1 is 0.595 bits per heavy atom. The first kappa shape index (κ1) is 34.8. The summed E-state index contributed by atoms with van der Waals surface area (Å²) in [4.78, 5) is 31.1. The standard InChI is InChI=1S/2C18H32N2O/c2*1-16(2,3)19-15(21)18(11-13-20(5)14-12-18)17(4)9-7-6-8-10-17/h2*7,9H,6,8,10-14H2,1-5H3,(H,19,21). The molecule has 2 heterocycles. The minimum atomic E-state index is -0.246. The van der Waals surface area contributed by atoms with Gasteiger partial charge in [0.25, 0.3) is 0 Å². The van der Waals surface area contributed by atoms with Crippen molar-refractivity contribution in [3.8, 4) is 0 Å². The van der Waals surface area contributed by atoms with Crippen LogP contribution in [0.3, 0.4) is 0 Å². The Hall–Kier alpha value is -1.66. The van der Waals surface area contributed by atoms with Gasteiger partial charge in [-0.15, -0.1) is 0 Å². The summed E-state index contributed by atoms with van der Waals surface area (Å²) in [7, 11) is 4.31. The van der Waals surface area contributed by atoms with Crippen LogP contribution in [0.2, 0.25) is 0 Å². The first-order chi connectivity index (χ1) is 19.4. The van der Waals surface area contributed by atoms with E-state index < -0.39 is 0 Å². The van der Waals surface area contributed by atoms with E-state index in [-0.39, 0.29) is 44.6 Å². The molecule has 2 amide bonds. The molecule has 2 unspecified atom stereocenters. The summed E-state index contributed by atoms with van der Waals surface area (Å²) < 4.78 is 0. The zero-order chi connectivity index (χ0) is 31.5. The molecule has 6 nitrogen and oxygen atoms in total. The van der Waals surface area contributed by atoms with Gasteiger partial charge in [-0.25, -0.2) is 0 Å². The molecule has 2 aliphatic carbocycles. The summed E-state index contributed by atoms with van der Waals surface area (Å²) >= 11 is 0. The van der Waals surface area contributed by atoms with E-state index in [9.17, 15) is 9.59 Å². The van der Waals surface area contributed by atoms with Crippen molar-refractivity contribution in [3.05, 3.63) is 24.3 Å². The highest BCUT2D eigenvalue weighted by molar-refractivity contribution is 5.85. The molecule has 42 heavy (non-hydrogen) atoms. The maximum absolute atomic E-state index is 13.2. The van der Waals surface area contributed by atoms with Gasteiger partial charge in [-0.2, -0.15) is 0 Å². The number of amides is 2. The number of piperidine rings is 2. The molecule has 2 fully saturated rings. The van der Waals surface area contributed by atoms with Gasteiger partial charge in [-0.3, -0.25) is 9.59 Å². The van der Waals surface area contributed by atoms with Gasteiger partial charge < -0.3 is 20.4 Å². The minimum Gasteiger partial charge on any atom is -0.351 e. The molecule has 0 aromatic heterocycles. The second-order valence-corrected chi connectivity index (χ2v) is 16.6. The third kappa shape index (κ3) is 7.88. The van der Waals surface area contributed by atoms with Crippen molar-refractivity contribution < 1.29 is 9.59 Å². The maximum Gasteiger partial charge on any atom is 0.227 e. The fourth-order valence-corrected chi connectivity index (χ4v) is 7.86. The van der Waals surface area contributed by atoms with E-state index >= 15 is 0 Å². The molecule has 2 atom stereocenters. The van der Waals surface area contributed by atoms with Gasteiger partial charge >= 0.3 is 0 Å². The van der Waals surface area contributed by atoms with Gasteiger partial charge in [-0.05, 0) is 157 Å². The third-order valence-electron chi connectivity index (χ3n) is 10.8. The van der Waals surface area contributed by atoms with Gasteiger partial charge in [0.05, 0.1) is 10.8 Å². The van der Waals surface area contributed by atoms with Crippen molar-refractivity contribution >= 4 is 11.8 Å². The molecule has 0 aromatic carbocycles. The molecule has 0 aromatic rings. The van der Waals surface area contributed by atoms with Gasteiger partial charge in [0.15, 0.2) is 0 Å². The average Bonchev–Trinajstić information content (AvgIpc) is 2.89. The summed E-state index contributed by atoms with van der Waals surface area (Å²) in [6, 6.07) is 0. The molecule has 0 radical (unpaired) electrons. The molecule has 2 aliphatic heterocycles. The number of carbonyl (C=O) groups excluding carboxylic acids is 2. The Morgan fingerprint density at radius 3 is 1.14 bits per heavy atom. The molecule has 0 spiro atoms. The Bertz CT molecular complexity index is 907. The predicted molar refractivity (Wildman–Crippen MR) is 176 cm³/mol. The number of nitrogens with zero attached hydrogens (tertiary/aromatic N) is 2. The Labute approximate surface area is 258 Å². The molecule has 0 bridgehead atoms. The maximum atomic E-state index is 13.2. The van der Waals surface area contributed by atoms with E-state index in [1.165, 1.54) is 12.8 Å². The van der Waals surface area contributed by atoms with Crippen LogP contribution in [0.4, 0.5) is 0 Å². The summed E-state index contributed by atoms with van der Waals surface area (Å²) in [6.07, 6.45) is 20.1. The molecule has 2 saturated heterocycles. The third-order valence-corrected chi connectivity index (χ3v) is 10.8. The van der Waals surface area contributed by atoms with E-state index in [0.717, 1.165) is 77.5 Å². The van der Waals surface area contributed by atoms with Gasteiger partial charge in [0.2, 0.25) is 11.8 Å². The van der Waals surface area contributed by atoms with E-state index in [1.807, 2.05) is 0 Å². The van der Waals surface area contributed by atoms with Crippen LogP contribution in [0.1, 0.15) is 120 Å². The van der Waals surface area contributed by atoms with Crippen LogP contribution < -0.4 is 10.6 Å². The van der Waals surface area contributed by atoms with Crippen LogP contribution in [0.5, 0.6) is 0 Å². The van der Waals surface area contributed by atoms with Crippen LogP contribution in [-0.2, 0) is 9.59 Å². The lowest BCUT2D eigenvalue weighted by Crippen LogP contribution is -2.59. The fourth-order valence-electron chi connectivity index (χ4n) is 7.86. The average molecular weight is 585 g/mol. The number of carbonyl (C=O) groups is 2. The van der Waals surface area contributed by atoms with E-state index in [0.29, 0.717) is 0 Å². The van der Waals surface area contributed by atoms with E-state index in [2.05, 4.69) is 114 Å². The van der Waals surface area contributed by atoms with Crippen molar-refractivity contribution in [1.29, 1.82) is 0 Å². The number of hydrogen-bond donors (Lipinski definition) is 2. The van der Waals surface area contributed by atoms with Crippen LogP contribution >= 0.6 is 0 Å². The van der Waals surface area contributed by atoms with Crippen molar-refractivity contribution in [1.82, 2.24) is 20.4 Å². The van der Waals surface area contributed by atoms with E-state index in [4.69, 9.17) is 0 Å². The van der Waals surface area contributed by atoms with Crippen molar-refractivity contribution in [2.45, 2.75) is 131 Å². The molecular weight excluding hydrogens is 520 g/mol. The van der Waals surface area contributed by atoms with Crippen molar-refractivity contribution in [3.63, 3.8) is 0 Å². The summed E-state index contributed by atoms with van der Waals surface area (Å²) in [6.45, 7) is 21.1. The zero-order valence-corrected chi connectivity index (χ0v) is 28.9. The molecule has 0 saturated carbocycles. The number of likely N-dealkylation sites (tertiary alicyclic amines) is 2. The monoisotopic (exact) mass is 585 g/mol. The second-order valence-electron chi connectivity index (χ2n) is 16.6. The Morgan fingerprint density at radius 2 is 0.905 bits per heavy atom. The quantitative estimate of drug-likeness (QED) is 0.360. The summed E-state index contributed by atoms with van der Waals surface area (Å²) in [5, 5.41) is 6.55. The second kappa shape index (κ2) is 13.1. The molecule has 4 rings (SSSR count). The van der Waals surface area contributed by atoms with Crippen LogP contribution in [0.15, 0.2) is 24.3 Å². The van der Waals surface area contributed by atoms with Crippen LogP contribution in [-0.4, -0.2) is 73.0 Å². The van der Waals surface area contributed by atoms with Crippen molar-refractivity contribution in [2.24, 2.45) is 21.7 Å². The summed E-state index contributed by atoms with van der Waals surface area (Å²) in [5.74, 6) is 0.523. The van der Waals surface area contributed by atoms with Crippen LogP contribution in [0.25, 0.3) is 0 Å². The smallest absolute Gasteiger partial charge is 0.227 e. The number of allylic oxidation sites excluding steroid dienone is 4. The number of rotatable bonds is 4. The Balaban J connectivity index is 0.000000230. The van der Waals surface area contributed by atoms with Gasteiger partial charge in [-0.1, -0.05) is 38.2 Å². The normalized spacial score (nSPS) is 30.1. The van der Waals surface area contributed by atoms with Crippen LogP contribution in [0, 0.1) is 21.7 Å². The molecule has 6 heteroatoms. The largest absolute Gasteiger partial charge is 0.351 e.